The van der Waals surface area contributed by atoms with Gasteiger partial charge < -0.3 is 23.7 Å². The van der Waals surface area contributed by atoms with Gasteiger partial charge in [0.25, 0.3) is 0 Å². The van der Waals surface area contributed by atoms with E-state index in [4.69, 9.17) is 23.7 Å². The van der Waals surface area contributed by atoms with E-state index in [1.165, 1.54) is 32.6 Å². The number of hydrogen-bond donors (Lipinski definition) is 0. The highest BCUT2D eigenvalue weighted by atomic mass is 16.6. The monoisotopic (exact) mass is 334 g/mol. The molecule has 0 aromatic rings. The summed E-state index contributed by atoms with van der Waals surface area (Å²) in [4.78, 5) is 10.5. The molecule has 0 aromatic carbocycles. The number of rotatable bonds is 18. The van der Waals surface area contributed by atoms with Crippen molar-refractivity contribution in [2.24, 2.45) is 0 Å². The second-order valence-electron chi connectivity index (χ2n) is 5.20. The standard InChI is InChI=1S/C17H34O6/c1-3-4-5-6-7-8-19-9-10-20-11-12-21-13-14-22-15-16-23-17(2)18/h3-16H2,1-2H3. The van der Waals surface area contributed by atoms with Gasteiger partial charge in [0.2, 0.25) is 0 Å². The molecule has 0 bridgehead atoms. The quantitative estimate of drug-likeness (QED) is 0.284. The fourth-order valence-corrected chi connectivity index (χ4v) is 1.81. The van der Waals surface area contributed by atoms with Gasteiger partial charge in [-0.3, -0.25) is 4.79 Å². The maximum Gasteiger partial charge on any atom is 0.302 e. The Morgan fingerprint density at radius 3 is 1.52 bits per heavy atom. The van der Waals surface area contributed by atoms with Crippen molar-refractivity contribution >= 4 is 5.97 Å². The van der Waals surface area contributed by atoms with E-state index in [2.05, 4.69) is 6.92 Å². The Hall–Kier alpha value is -0.690. The van der Waals surface area contributed by atoms with E-state index in [1.54, 1.807) is 0 Å². The fraction of sp³-hybridized carbons (Fsp3) is 0.941. The van der Waals surface area contributed by atoms with Gasteiger partial charge in [-0.15, -0.1) is 0 Å². The molecule has 0 aliphatic carbocycles. The molecular formula is C17H34O6. The van der Waals surface area contributed by atoms with Crippen LogP contribution in [-0.2, 0) is 28.5 Å². The van der Waals surface area contributed by atoms with Gasteiger partial charge in [-0.05, 0) is 6.42 Å². The van der Waals surface area contributed by atoms with Gasteiger partial charge in [-0.1, -0.05) is 32.6 Å². The van der Waals surface area contributed by atoms with E-state index >= 15 is 0 Å². The van der Waals surface area contributed by atoms with E-state index in [-0.39, 0.29) is 12.6 Å². The van der Waals surface area contributed by atoms with Gasteiger partial charge in [-0.2, -0.15) is 0 Å². The largest absolute Gasteiger partial charge is 0.463 e. The minimum Gasteiger partial charge on any atom is -0.463 e. The van der Waals surface area contributed by atoms with Crippen molar-refractivity contribution in [1.29, 1.82) is 0 Å². The van der Waals surface area contributed by atoms with Gasteiger partial charge in [0.05, 0.1) is 46.2 Å². The second-order valence-corrected chi connectivity index (χ2v) is 5.20. The van der Waals surface area contributed by atoms with E-state index in [9.17, 15) is 4.79 Å². The second kappa shape index (κ2) is 19.4. The Kier molecular flexibility index (Phi) is 18.8. The van der Waals surface area contributed by atoms with Gasteiger partial charge in [-0.25, -0.2) is 0 Å². The summed E-state index contributed by atoms with van der Waals surface area (Å²) in [5.41, 5.74) is 0. The average molecular weight is 334 g/mol. The molecule has 0 radical (unpaired) electrons. The lowest BCUT2D eigenvalue weighted by atomic mass is 10.2. The van der Waals surface area contributed by atoms with Gasteiger partial charge in [0, 0.05) is 13.5 Å². The smallest absolute Gasteiger partial charge is 0.302 e. The first-order valence-corrected chi connectivity index (χ1v) is 8.71. The topological polar surface area (TPSA) is 63.2 Å². The Balaban J connectivity index is 2.96. The number of carbonyl (C=O) groups excluding carboxylic acids is 1. The van der Waals surface area contributed by atoms with Crippen molar-refractivity contribution < 1.29 is 28.5 Å². The normalized spacial score (nSPS) is 10.9. The molecule has 0 saturated heterocycles. The Labute approximate surface area is 140 Å². The van der Waals surface area contributed by atoms with Crippen LogP contribution in [0.4, 0.5) is 0 Å². The third-order valence-corrected chi connectivity index (χ3v) is 3.04. The molecule has 138 valence electrons. The van der Waals surface area contributed by atoms with Crippen LogP contribution in [0.1, 0.15) is 46.0 Å². The van der Waals surface area contributed by atoms with E-state index in [1.807, 2.05) is 0 Å². The van der Waals surface area contributed by atoms with Crippen molar-refractivity contribution in [2.75, 3.05) is 59.5 Å². The number of esters is 1. The lowest BCUT2D eigenvalue weighted by Crippen LogP contribution is -2.13. The third-order valence-electron chi connectivity index (χ3n) is 3.04. The van der Waals surface area contributed by atoms with Crippen LogP contribution in [0.2, 0.25) is 0 Å². The molecule has 6 nitrogen and oxygen atoms in total. The van der Waals surface area contributed by atoms with Crippen LogP contribution < -0.4 is 0 Å². The first-order valence-electron chi connectivity index (χ1n) is 8.71. The summed E-state index contributed by atoms with van der Waals surface area (Å²) in [5, 5.41) is 0. The molecule has 0 aliphatic rings. The summed E-state index contributed by atoms with van der Waals surface area (Å²) >= 11 is 0. The third kappa shape index (κ3) is 21.3. The average Bonchev–Trinajstić information content (AvgIpc) is 2.53. The maximum absolute atomic E-state index is 10.5. The molecule has 0 rings (SSSR count). The molecule has 0 aliphatic heterocycles. The van der Waals surface area contributed by atoms with Crippen molar-refractivity contribution in [1.82, 2.24) is 0 Å². The van der Waals surface area contributed by atoms with Crippen LogP contribution in [0.5, 0.6) is 0 Å². The fourth-order valence-electron chi connectivity index (χ4n) is 1.81. The molecular weight excluding hydrogens is 300 g/mol. The SMILES string of the molecule is CCCCCCCOCCOCCOCCOCCOC(C)=O. The molecule has 0 fully saturated rings. The first kappa shape index (κ1) is 22.3. The zero-order chi connectivity index (χ0) is 17.0. The summed E-state index contributed by atoms with van der Waals surface area (Å²) in [6.45, 7) is 8.47. The zero-order valence-electron chi connectivity index (χ0n) is 14.8. The molecule has 0 amide bonds. The van der Waals surface area contributed by atoms with E-state index in [0.717, 1.165) is 13.0 Å². The van der Waals surface area contributed by atoms with Crippen LogP contribution in [0.15, 0.2) is 0 Å². The van der Waals surface area contributed by atoms with Crippen LogP contribution in [0, 0.1) is 0 Å². The molecule has 0 N–H and O–H groups in total. The summed E-state index contributed by atoms with van der Waals surface area (Å²) in [6, 6.07) is 0. The zero-order valence-corrected chi connectivity index (χ0v) is 14.8. The van der Waals surface area contributed by atoms with Crippen molar-refractivity contribution in [2.45, 2.75) is 46.0 Å². The first-order chi connectivity index (χ1) is 11.3. The molecule has 0 spiro atoms. The maximum atomic E-state index is 10.5. The minimum atomic E-state index is -0.289. The van der Waals surface area contributed by atoms with Crippen LogP contribution in [0.3, 0.4) is 0 Å². The van der Waals surface area contributed by atoms with Crippen molar-refractivity contribution in [3.8, 4) is 0 Å². The number of hydrogen-bond acceptors (Lipinski definition) is 6. The Morgan fingerprint density at radius 2 is 1.04 bits per heavy atom. The highest BCUT2D eigenvalue weighted by Crippen LogP contribution is 2.02. The molecule has 23 heavy (non-hydrogen) atoms. The summed E-state index contributed by atoms with van der Waals surface area (Å²) in [6.07, 6.45) is 6.30. The van der Waals surface area contributed by atoms with E-state index in [0.29, 0.717) is 46.2 Å². The summed E-state index contributed by atoms with van der Waals surface area (Å²) in [7, 11) is 0. The van der Waals surface area contributed by atoms with Crippen molar-refractivity contribution in [3.63, 3.8) is 0 Å². The lowest BCUT2D eigenvalue weighted by molar-refractivity contribution is -0.142. The molecule has 0 atom stereocenters. The summed E-state index contributed by atoms with van der Waals surface area (Å²) < 4.78 is 26.2. The number of ether oxygens (including phenoxy) is 5. The molecule has 0 unspecified atom stereocenters. The Bertz CT molecular complexity index is 247. The Morgan fingerprint density at radius 1 is 0.609 bits per heavy atom. The lowest BCUT2D eigenvalue weighted by Gasteiger charge is -2.07. The van der Waals surface area contributed by atoms with Crippen LogP contribution in [0.25, 0.3) is 0 Å². The van der Waals surface area contributed by atoms with Crippen LogP contribution in [-0.4, -0.2) is 65.4 Å². The predicted octanol–water partition coefficient (Wildman–Crippen LogP) is 2.59. The van der Waals surface area contributed by atoms with Gasteiger partial charge >= 0.3 is 5.97 Å². The molecule has 6 heteroatoms. The van der Waals surface area contributed by atoms with E-state index < -0.39 is 0 Å². The summed E-state index contributed by atoms with van der Waals surface area (Å²) in [5.74, 6) is -0.289. The number of unbranched alkanes of at least 4 members (excludes halogenated alkanes) is 4. The molecule has 0 heterocycles. The predicted molar refractivity (Wildman–Crippen MR) is 88.7 cm³/mol. The molecule has 0 aromatic heterocycles. The van der Waals surface area contributed by atoms with Crippen molar-refractivity contribution in [3.05, 3.63) is 0 Å². The molecule has 0 saturated carbocycles. The number of carbonyl (C=O) groups is 1. The highest BCUT2D eigenvalue weighted by Gasteiger charge is 1.95. The minimum absolute atomic E-state index is 0.289. The van der Waals surface area contributed by atoms with Crippen LogP contribution >= 0.6 is 0 Å². The van der Waals surface area contributed by atoms with Gasteiger partial charge in [0.1, 0.15) is 6.61 Å². The highest BCUT2D eigenvalue weighted by molar-refractivity contribution is 5.65. The van der Waals surface area contributed by atoms with Gasteiger partial charge in [0.15, 0.2) is 0 Å².